The Morgan fingerprint density at radius 3 is 2.33 bits per heavy atom. The van der Waals surface area contributed by atoms with Crippen LogP contribution in [0.15, 0.2) is 59.0 Å². The van der Waals surface area contributed by atoms with E-state index in [1.165, 1.54) is 4.88 Å². The van der Waals surface area contributed by atoms with Gasteiger partial charge in [0, 0.05) is 10.4 Å². The molecule has 4 aromatic rings. The van der Waals surface area contributed by atoms with Gasteiger partial charge in [-0.05, 0) is 67.1 Å². The van der Waals surface area contributed by atoms with Crippen LogP contribution in [0.1, 0.15) is 35.4 Å². The first kappa shape index (κ1) is 20.4. The Labute approximate surface area is 181 Å². The van der Waals surface area contributed by atoms with E-state index in [-0.39, 0.29) is 0 Å². The zero-order valence-electron chi connectivity index (χ0n) is 17.8. The summed E-state index contributed by atoms with van der Waals surface area (Å²) in [6.07, 6.45) is 1.06. The van der Waals surface area contributed by atoms with E-state index in [1.807, 2.05) is 44.2 Å². The van der Waals surface area contributed by atoms with Gasteiger partial charge in [0.2, 0.25) is 5.89 Å². The smallest absolute Gasteiger partial charge is 0.258 e. The summed E-state index contributed by atoms with van der Waals surface area (Å²) in [6.45, 7) is 9.09. The highest BCUT2D eigenvalue weighted by Gasteiger charge is 2.15. The van der Waals surface area contributed by atoms with Gasteiger partial charge < -0.3 is 9.15 Å². The maximum absolute atomic E-state index is 6.09. The Kier molecular flexibility index (Phi) is 6.00. The number of thiophene rings is 1. The van der Waals surface area contributed by atoms with Crippen LogP contribution in [0.4, 0.5) is 0 Å². The van der Waals surface area contributed by atoms with Crippen LogP contribution < -0.4 is 4.74 Å². The van der Waals surface area contributed by atoms with Crippen molar-refractivity contribution in [2.45, 2.75) is 40.7 Å². The Morgan fingerprint density at radius 1 is 0.933 bits per heavy atom. The first-order valence-electron chi connectivity index (χ1n) is 10.2. The molecule has 0 spiro atoms. The summed E-state index contributed by atoms with van der Waals surface area (Å²) in [5.41, 5.74) is 4.16. The van der Waals surface area contributed by atoms with E-state index in [0.29, 0.717) is 24.3 Å². The maximum atomic E-state index is 6.09. The van der Waals surface area contributed by atoms with Gasteiger partial charge in [-0.25, -0.2) is 0 Å². The van der Waals surface area contributed by atoms with E-state index in [2.05, 4.69) is 48.3 Å². The molecule has 0 saturated carbocycles. The summed E-state index contributed by atoms with van der Waals surface area (Å²) >= 11 is 1.72. The molecule has 0 bridgehead atoms. The zero-order valence-corrected chi connectivity index (χ0v) is 18.6. The van der Waals surface area contributed by atoms with Crippen LogP contribution in [-0.2, 0) is 13.0 Å². The van der Waals surface area contributed by atoms with Gasteiger partial charge in [0.1, 0.15) is 12.4 Å². The van der Waals surface area contributed by atoms with E-state index in [1.54, 1.807) is 11.3 Å². The molecule has 2 heterocycles. The number of aromatic nitrogens is 2. The SMILES string of the molecule is Cc1cc(-c2nnc(-c3ccc(CC(C)C)s3)o2)cc(C)c1OCc1ccccc1. The van der Waals surface area contributed by atoms with Crippen LogP contribution in [-0.4, -0.2) is 10.2 Å². The first-order valence-corrected chi connectivity index (χ1v) is 11.0. The molecule has 0 atom stereocenters. The van der Waals surface area contributed by atoms with Gasteiger partial charge in [0.05, 0.1) is 4.88 Å². The lowest BCUT2D eigenvalue weighted by molar-refractivity contribution is 0.302. The summed E-state index contributed by atoms with van der Waals surface area (Å²) in [5, 5.41) is 8.56. The predicted molar refractivity (Wildman–Crippen MR) is 122 cm³/mol. The fourth-order valence-electron chi connectivity index (χ4n) is 3.48. The molecule has 30 heavy (non-hydrogen) atoms. The van der Waals surface area contributed by atoms with Crippen molar-refractivity contribution >= 4 is 11.3 Å². The largest absolute Gasteiger partial charge is 0.488 e. The molecule has 0 unspecified atom stereocenters. The second kappa shape index (κ2) is 8.84. The van der Waals surface area contributed by atoms with Crippen LogP contribution in [0.3, 0.4) is 0 Å². The molecule has 2 aromatic carbocycles. The minimum absolute atomic E-state index is 0.532. The predicted octanol–water partition coefficient (Wildman–Crippen LogP) is 6.86. The fourth-order valence-corrected chi connectivity index (χ4v) is 4.62. The van der Waals surface area contributed by atoms with Crippen molar-refractivity contribution < 1.29 is 9.15 Å². The number of hydrogen-bond donors (Lipinski definition) is 0. The van der Waals surface area contributed by atoms with E-state index >= 15 is 0 Å². The van der Waals surface area contributed by atoms with Crippen molar-refractivity contribution in [3.8, 4) is 28.0 Å². The highest BCUT2D eigenvalue weighted by molar-refractivity contribution is 7.15. The minimum Gasteiger partial charge on any atom is -0.488 e. The number of benzene rings is 2. The lowest BCUT2D eigenvalue weighted by atomic mass is 10.1. The molecule has 0 saturated heterocycles. The second-order valence-electron chi connectivity index (χ2n) is 7.99. The first-order chi connectivity index (χ1) is 14.5. The minimum atomic E-state index is 0.532. The number of aryl methyl sites for hydroxylation is 2. The third-order valence-electron chi connectivity index (χ3n) is 4.84. The average molecular weight is 419 g/mol. The van der Waals surface area contributed by atoms with Crippen LogP contribution in [0.2, 0.25) is 0 Å². The number of hydrogen-bond acceptors (Lipinski definition) is 5. The third-order valence-corrected chi connectivity index (χ3v) is 5.94. The van der Waals surface area contributed by atoms with Gasteiger partial charge in [-0.15, -0.1) is 21.5 Å². The van der Waals surface area contributed by atoms with E-state index in [4.69, 9.17) is 9.15 Å². The van der Waals surface area contributed by atoms with Crippen molar-refractivity contribution in [1.29, 1.82) is 0 Å². The van der Waals surface area contributed by atoms with Crippen molar-refractivity contribution in [3.05, 3.63) is 76.2 Å². The van der Waals surface area contributed by atoms with Crippen LogP contribution >= 0.6 is 11.3 Å². The van der Waals surface area contributed by atoms with Crippen LogP contribution in [0.25, 0.3) is 22.2 Å². The number of rotatable bonds is 7. The molecule has 0 fully saturated rings. The molecule has 0 aliphatic carbocycles. The van der Waals surface area contributed by atoms with Crippen molar-refractivity contribution in [2.24, 2.45) is 5.92 Å². The molecular weight excluding hydrogens is 392 g/mol. The molecule has 4 nitrogen and oxygen atoms in total. The molecule has 2 aromatic heterocycles. The maximum Gasteiger partial charge on any atom is 0.258 e. The second-order valence-corrected chi connectivity index (χ2v) is 9.16. The van der Waals surface area contributed by atoms with Crippen LogP contribution in [0.5, 0.6) is 5.75 Å². The summed E-state index contributed by atoms with van der Waals surface area (Å²) in [5.74, 6) is 2.64. The molecule has 0 aliphatic rings. The fraction of sp³-hybridized carbons (Fsp3) is 0.280. The van der Waals surface area contributed by atoms with Gasteiger partial charge in [-0.3, -0.25) is 0 Å². The molecule has 0 aliphatic heterocycles. The van der Waals surface area contributed by atoms with Gasteiger partial charge in [-0.1, -0.05) is 44.2 Å². The van der Waals surface area contributed by atoms with E-state index in [9.17, 15) is 0 Å². The lowest BCUT2D eigenvalue weighted by Gasteiger charge is -2.13. The summed E-state index contributed by atoms with van der Waals surface area (Å²) in [7, 11) is 0. The van der Waals surface area contributed by atoms with Crippen LogP contribution in [0, 0.1) is 19.8 Å². The molecule has 0 amide bonds. The third kappa shape index (κ3) is 4.62. The van der Waals surface area contributed by atoms with E-state index in [0.717, 1.165) is 39.3 Å². The highest BCUT2D eigenvalue weighted by Crippen LogP contribution is 2.33. The molecule has 154 valence electrons. The van der Waals surface area contributed by atoms with Gasteiger partial charge in [0.15, 0.2) is 0 Å². The normalized spacial score (nSPS) is 11.2. The van der Waals surface area contributed by atoms with Crippen molar-refractivity contribution in [2.75, 3.05) is 0 Å². The van der Waals surface area contributed by atoms with Crippen molar-refractivity contribution in [1.82, 2.24) is 10.2 Å². The molecule has 0 radical (unpaired) electrons. The van der Waals surface area contributed by atoms with Gasteiger partial charge >= 0.3 is 0 Å². The van der Waals surface area contributed by atoms with Gasteiger partial charge in [0.25, 0.3) is 5.89 Å². The molecule has 0 N–H and O–H groups in total. The Hall–Kier alpha value is -2.92. The topological polar surface area (TPSA) is 48.2 Å². The Morgan fingerprint density at radius 2 is 1.63 bits per heavy atom. The highest BCUT2D eigenvalue weighted by atomic mass is 32.1. The number of nitrogens with zero attached hydrogens (tertiary/aromatic N) is 2. The summed E-state index contributed by atoms with van der Waals surface area (Å²) < 4.78 is 12.1. The molecule has 4 rings (SSSR count). The van der Waals surface area contributed by atoms with Gasteiger partial charge in [-0.2, -0.15) is 0 Å². The Bertz CT molecular complexity index is 1110. The summed E-state index contributed by atoms with van der Waals surface area (Å²) in [6, 6.07) is 18.5. The Balaban J connectivity index is 1.53. The monoisotopic (exact) mass is 418 g/mol. The summed E-state index contributed by atoms with van der Waals surface area (Å²) in [4.78, 5) is 2.35. The lowest BCUT2D eigenvalue weighted by Crippen LogP contribution is -1.99. The number of ether oxygens (including phenoxy) is 1. The average Bonchev–Trinajstić information content (AvgIpc) is 3.37. The van der Waals surface area contributed by atoms with Crippen molar-refractivity contribution in [3.63, 3.8) is 0 Å². The zero-order chi connectivity index (χ0) is 21.1. The standard InChI is InChI=1S/C25H26N2O2S/c1-16(2)12-21-10-11-22(30-21)25-27-26-24(29-25)20-13-17(3)23(18(4)14-20)28-15-19-8-6-5-7-9-19/h5-11,13-14,16H,12,15H2,1-4H3. The quantitative estimate of drug-likeness (QED) is 0.329. The molecule has 5 heteroatoms. The van der Waals surface area contributed by atoms with E-state index < -0.39 is 0 Å². The molecular formula is C25H26N2O2S.